The number of hydrogen-bond donors (Lipinski definition) is 1. The fourth-order valence-corrected chi connectivity index (χ4v) is 3.86. The van der Waals surface area contributed by atoms with Crippen LogP contribution in [0.1, 0.15) is 20.3 Å². The van der Waals surface area contributed by atoms with Gasteiger partial charge >= 0.3 is 6.09 Å². The number of amides is 3. The molecule has 180 valence electrons. The predicted octanol–water partition coefficient (Wildman–Crippen LogP) is 5.04. The van der Waals surface area contributed by atoms with Crippen molar-refractivity contribution in [2.75, 3.05) is 16.3 Å². The van der Waals surface area contributed by atoms with Gasteiger partial charge in [0.1, 0.15) is 11.6 Å². The number of carbonyl (C=O) groups is 3. The Balaban J connectivity index is 1.77. The highest BCUT2D eigenvalue weighted by atomic mass is 19.1. The number of rotatable bonds is 6. The highest BCUT2D eigenvalue weighted by Gasteiger charge is 2.42. The predicted molar refractivity (Wildman–Crippen MR) is 131 cm³/mol. The van der Waals surface area contributed by atoms with Gasteiger partial charge in [0.25, 0.3) is 11.8 Å². The topological polar surface area (TPSA) is 79.0 Å². The highest BCUT2D eigenvalue weighted by molar-refractivity contribution is 6.23. The molecule has 35 heavy (non-hydrogen) atoms. The summed E-state index contributed by atoms with van der Waals surface area (Å²) >= 11 is 0. The van der Waals surface area contributed by atoms with E-state index in [-0.39, 0.29) is 23.9 Å². The Bertz CT molecular complexity index is 1220. The third-order valence-electron chi connectivity index (χ3n) is 5.61. The standard InChI is InChI=1S/C27H26FN3O4/c1-18(2)15-16-30-22-14-13-19(28)17-23(22)31(20-9-5-3-6-10-20)26(33)24(25(30)32)29-27(34)35-21-11-7-4-8-12-21/h3-14,17-18,24H,15-16H2,1-2H3,(H,29,34). The second kappa shape index (κ2) is 10.4. The first kappa shape index (κ1) is 23.9. The molecule has 0 radical (unpaired) electrons. The van der Waals surface area contributed by atoms with Crippen LogP contribution >= 0.6 is 0 Å². The molecule has 0 bridgehead atoms. The van der Waals surface area contributed by atoms with Crippen molar-refractivity contribution < 1.29 is 23.5 Å². The lowest BCUT2D eigenvalue weighted by atomic mass is 10.1. The maximum atomic E-state index is 14.4. The van der Waals surface area contributed by atoms with E-state index in [0.717, 1.165) is 0 Å². The van der Waals surface area contributed by atoms with Crippen molar-refractivity contribution >= 4 is 35.0 Å². The number of fused-ring (bicyclic) bond motifs is 1. The van der Waals surface area contributed by atoms with E-state index >= 15 is 0 Å². The smallest absolute Gasteiger partial charge is 0.410 e. The fourth-order valence-electron chi connectivity index (χ4n) is 3.86. The molecule has 1 heterocycles. The van der Waals surface area contributed by atoms with Crippen molar-refractivity contribution in [3.8, 4) is 5.75 Å². The Hall–Kier alpha value is -4.20. The second-order valence-corrected chi connectivity index (χ2v) is 8.59. The van der Waals surface area contributed by atoms with Crippen LogP contribution in [0, 0.1) is 11.7 Å². The average molecular weight is 476 g/mol. The normalized spacial score (nSPS) is 15.6. The maximum absolute atomic E-state index is 14.4. The lowest BCUT2D eigenvalue weighted by molar-refractivity contribution is -0.128. The summed E-state index contributed by atoms with van der Waals surface area (Å²) < 4.78 is 19.7. The molecule has 1 aliphatic rings. The van der Waals surface area contributed by atoms with Crippen LogP contribution in [-0.2, 0) is 9.59 Å². The Kier molecular flexibility index (Phi) is 7.10. The first-order chi connectivity index (χ1) is 16.8. The van der Waals surface area contributed by atoms with Gasteiger partial charge in [0.2, 0.25) is 0 Å². The van der Waals surface area contributed by atoms with Gasteiger partial charge in [0, 0.05) is 18.3 Å². The monoisotopic (exact) mass is 475 g/mol. The van der Waals surface area contributed by atoms with Crippen molar-refractivity contribution in [3.63, 3.8) is 0 Å². The number of para-hydroxylation sites is 2. The molecule has 7 nitrogen and oxygen atoms in total. The molecular weight excluding hydrogens is 449 g/mol. The third-order valence-corrected chi connectivity index (χ3v) is 5.61. The molecule has 4 rings (SSSR count). The number of benzene rings is 3. The molecule has 1 unspecified atom stereocenters. The van der Waals surface area contributed by atoms with Gasteiger partial charge < -0.3 is 15.0 Å². The molecular formula is C27H26FN3O4. The maximum Gasteiger partial charge on any atom is 0.413 e. The summed E-state index contributed by atoms with van der Waals surface area (Å²) in [4.78, 5) is 42.9. The van der Waals surface area contributed by atoms with E-state index in [0.29, 0.717) is 17.8 Å². The van der Waals surface area contributed by atoms with Crippen LogP contribution in [0.5, 0.6) is 5.75 Å². The average Bonchev–Trinajstić information content (AvgIpc) is 2.92. The molecule has 3 amide bonds. The molecule has 0 saturated heterocycles. The van der Waals surface area contributed by atoms with Crippen LogP contribution in [0.15, 0.2) is 78.9 Å². The SMILES string of the molecule is CC(C)CCN1C(=O)C(NC(=O)Oc2ccccc2)C(=O)N(c2ccccc2)c2cc(F)ccc21. The van der Waals surface area contributed by atoms with Gasteiger partial charge in [-0.05, 0) is 48.7 Å². The molecule has 0 spiro atoms. The second-order valence-electron chi connectivity index (χ2n) is 8.59. The van der Waals surface area contributed by atoms with Gasteiger partial charge in [-0.3, -0.25) is 14.5 Å². The zero-order valence-corrected chi connectivity index (χ0v) is 19.5. The minimum absolute atomic E-state index is 0.221. The van der Waals surface area contributed by atoms with Crippen LogP contribution in [0.3, 0.4) is 0 Å². The summed E-state index contributed by atoms with van der Waals surface area (Å²) in [5.74, 6) is -1.36. The molecule has 1 aliphatic heterocycles. The molecule has 0 saturated carbocycles. The first-order valence-electron chi connectivity index (χ1n) is 11.4. The largest absolute Gasteiger partial charge is 0.413 e. The summed E-state index contributed by atoms with van der Waals surface area (Å²) in [5.41, 5.74) is 1.04. The molecule has 3 aromatic rings. The van der Waals surface area contributed by atoms with E-state index in [1.807, 2.05) is 13.8 Å². The molecule has 8 heteroatoms. The van der Waals surface area contributed by atoms with Crippen molar-refractivity contribution in [1.29, 1.82) is 0 Å². The molecule has 0 aromatic heterocycles. The quantitative estimate of drug-likeness (QED) is 0.507. The van der Waals surface area contributed by atoms with Gasteiger partial charge in [0.15, 0.2) is 6.04 Å². The summed E-state index contributed by atoms with van der Waals surface area (Å²) in [5, 5.41) is 2.44. The molecule has 0 fully saturated rings. The minimum Gasteiger partial charge on any atom is -0.410 e. The van der Waals surface area contributed by atoms with Crippen LogP contribution in [0.25, 0.3) is 0 Å². The fraction of sp³-hybridized carbons (Fsp3) is 0.222. The number of nitrogens with one attached hydrogen (secondary N) is 1. The zero-order chi connectivity index (χ0) is 24.9. The molecule has 1 N–H and O–H groups in total. The van der Waals surface area contributed by atoms with E-state index in [9.17, 15) is 18.8 Å². The summed E-state index contributed by atoms with van der Waals surface area (Å²) in [7, 11) is 0. The Morgan fingerprint density at radius 2 is 1.60 bits per heavy atom. The number of carbonyl (C=O) groups excluding carboxylic acids is 3. The van der Waals surface area contributed by atoms with E-state index in [1.165, 1.54) is 28.0 Å². The number of anilines is 3. The highest BCUT2D eigenvalue weighted by Crippen LogP contribution is 2.38. The van der Waals surface area contributed by atoms with Gasteiger partial charge in [-0.1, -0.05) is 50.2 Å². The zero-order valence-electron chi connectivity index (χ0n) is 19.5. The van der Waals surface area contributed by atoms with Crippen molar-refractivity contribution in [1.82, 2.24) is 5.32 Å². The molecule has 3 aromatic carbocycles. The summed E-state index contributed by atoms with van der Waals surface area (Å²) in [6.07, 6.45) is -0.305. The molecule has 0 aliphatic carbocycles. The Morgan fingerprint density at radius 3 is 2.26 bits per heavy atom. The molecule has 1 atom stereocenters. The minimum atomic E-state index is -1.57. The van der Waals surface area contributed by atoms with Crippen LogP contribution in [-0.4, -0.2) is 30.5 Å². The van der Waals surface area contributed by atoms with E-state index in [4.69, 9.17) is 4.74 Å². The summed E-state index contributed by atoms with van der Waals surface area (Å²) in [6, 6.07) is 19.3. The first-order valence-corrected chi connectivity index (χ1v) is 11.4. The lowest BCUT2D eigenvalue weighted by Gasteiger charge is -2.26. The van der Waals surface area contributed by atoms with E-state index in [2.05, 4.69) is 5.32 Å². The van der Waals surface area contributed by atoms with E-state index < -0.39 is 29.8 Å². The number of ether oxygens (including phenoxy) is 1. The van der Waals surface area contributed by atoms with Gasteiger partial charge in [-0.2, -0.15) is 0 Å². The summed E-state index contributed by atoms with van der Waals surface area (Å²) in [6.45, 7) is 4.32. The van der Waals surface area contributed by atoms with Gasteiger partial charge in [-0.15, -0.1) is 0 Å². The number of halogens is 1. The van der Waals surface area contributed by atoms with Crippen molar-refractivity contribution in [2.24, 2.45) is 5.92 Å². The Labute approximate surface area is 203 Å². The van der Waals surface area contributed by atoms with Crippen molar-refractivity contribution in [3.05, 3.63) is 84.7 Å². The van der Waals surface area contributed by atoms with E-state index in [1.54, 1.807) is 60.7 Å². The van der Waals surface area contributed by atoms with Crippen molar-refractivity contribution in [2.45, 2.75) is 26.3 Å². The lowest BCUT2D eigenvalue weighted by Crippen LogP contribution is -2.55. The number of nitrogens with zero attached hydrogens (tertiary/aromatic N) is 2. The van der Waals surface area contributed by atoms with Gasteiger partial charge in [-0.25, -0.2) is 9.18 Å². The van der Waals surface area contributed by atoms with Crippen LogP contribution in [0.4, 0.5) is 26.2 Å². The van der Waals surface area contributed by atoms with Crippen LogP contribution in [0.2, 0.25) is 0 Å². The third kappa shape index (κ3) is 5.32. The van der Waals surface area contributed by atoms with Crippen LogP contribution < -0.4 is 19.9 Å². The Morgan fingerprint density at radius 1 is 0.943 bits per heavy atom. The number of hydrogen-bond acceptors (Lipinski definition) is 4. The van der Waals surface area contributed by atoms with Gasteiger partial charge in [0.05, 0.1) is 11.4 Å².